The zero-order chi connectivity index (χ0) is 13.7. The van der Waals surface area contributed by atoms with Gasteiger partial charge < -0.3 is 24.0 Å². The van der Waals surface area contributed by atoms with Crippen LogP contribution in [0.25, 0.3) is 21.8 Å². The fourth-order valence-electron chi connectivity index (χ4n) is 2.92. The third kappa shape index (κ3) is 2.18. The molecular weight excluding hydrogens is 359 g/mol. The number of fused-ring (bicyclic) bond motifs is 3. The number of nitrogens with zero attached hydrogens (tertiary/aromatic N) is 2. The molecule has 2 nitrogen and oxygen atoms in total. The van der Waals surface area contributed by atoms with Gasteiger partial charge in [0.1, 0.15) is 12.6 Å². The van der Waals surface area contributed by atoms with Crippen LogP contribution in [0.1, 0.15) is 22.3 Å². The molecule has 0 spiro atoms. The van der Waals surface area contributed by atoms with Crippen LogP contribution in [-0.2, 0) is 7.05 Å². The van der Waals surface area contributed by atoms with Crippen molar-refractivity contribution in [3.8, 4) is 0 Å². The minimum Gasteiger partial charge on any atom is -1.00 e. The monoisotopic (exact) mass is 378 g/mol. The van der Waals surface area contributed by atoms with Crippen molar-refractivity contribution in [3.05, 3.63) is 46.8 Å². The van der Waals surface area contributed by atoms with Crippen LogP contribution in [0, 0.1) is 27.7 Å². The highest BCUT2D eigenvalue weighted by Gasteiger charge is 2.17. The third-order valence-corrected chi connectivity index (χ3v) is 4.00. The van der Waals surface area contributed by atoms with Gasteiger partial charge in [0.2, 0.25) is 5.52 Å². The van der Waals surface area contributed by atoms with Crippen LogP contribution in [0.2, 0.25) is 0 Å². The summed E-state index contributed by atoms with van der Waals surface area (Å²) in [6.45, 7) is 8.64. The molecule has 104 valence electrons. The zero-order valence-corrected chi connectivity index (χ0v) is 14.7. The Labute approximate surface area is 136 Å². The second kappa shape index (κ2) is 5.28. The molecule has 2 aromatic heterocycles. The number of rotatable bonds is 0. The zero-order valence-electron chi connectivity index (χ0n) is 12.6. The van der Waals surface area contributed by atoms with Crippen LogP contribution in [0.3, 0.4) is 0 Å². The second-order valence-electron chi connectivity index (χ2n) is 5.55. The molecule has 3 heteroatoms. The van der Waals surface area contributed by atoms with Gasteiger partial charge in [0.25, 0.3) is 0 Å². The summed E-state index contributed by atoms with van der Waals surface area (Å²) in [7, 11) is 2.10. The molecule has 0 amide bonds. The Morgan fingerprint density at radius 2 is 1.50 bits per heavy atom. The van der Waals surface area contributed by atoms with Gasteiger partial charge in [0.15, 0.2) is 6.20 Å². The predicted octanol–water partition coefficient (Wildman–Crippen LogP) is 0.450. The summed E-state index contributed by atoms with van der Waals surface area (Å²) < 4.78 is 2.20. The van der Waals surface area contributed by atoms with Crippen molar-refractivity contribution in [2.75, 3.05) is 0 Å². The normalized spacial score (nSPS) is 10.8. The lowest BCUT2D eigenvalue weighted by atomic mass is 9.97. The van der Waals surface area contributed by atoms with Crippen molar-refractivity contribution in [3.63, 3.8) is 0 Å². The van der Waals surface area contributed by atoms with E-state index in [-0.39, 0.29) is 24.0 Å². The highest BCUT2D eigenvalue weighted by molar-refractivity contribution is 6.04. The molecule has 1 aromatic carbocycles. The summed E-state index contributed by atoms with van der Waals surface area (Å²) in [6, 6.07) is 4.50. The number of benzene rings is 1. The minimum atomic E-state index is 0. The Hall–Kier alpha value is -1.23. The van der Waals surface area contributed by atoms with Gasteiger partial charge in [-0.2, -0.15) is 4.57 Å². The van der Waals surface area contributed by atoms with Crippen LogP contribution < -0.4 is 28.5 Å². The van der Waals surface area contributed by atoms with Gasteiger partial charge in [-0.25, -0.2) is 4.98 Å². The van der Waals surface area contributed by atoms with Gasteiger partial charge in [0.05, 0.1) is 5.39 Å². The quantitative estimate of drug-likeness (QED) is 0.316. The molecule has 0 saturated heterocycles. The van der Waals surface area contributed by atoms with Gasteiger partial charge in [-0.15, -0.1) is 0 Å². The minimum absolute atomic E-state index is 0. The van der Waals surface area contributed by atoms with Crippen molar-refractivity contribution in [1.29, 1.82) is 0 Å². The predicted molar refractivity (Wildman–Crippen MR) is 79.4 cm³/mol. The first-order chi connectivity index (χ1) is 8.99. The fraction of sp³-hybridized carbons (Fsp3) is 0.294. The van der Waals surface area contributed by atoms with Gasteiger partial charge in [-0.3, -0.25) is 0 Å². The Morgan fingerprint density at radius 1 is 0.900 bits per heavy atom. The van der Waals surface area contributed by atoms with Gasteiger partial charge in [0, 0.05) is 17.1 Å². The van der Waals surface area contributed by atoms with Crippen molar-refractivity contribution >= 4 is 21.8 Å². The molecular formula is C17H19IN2. The standard InChI is InChI=1S/C17H19N2.HI/c1-10-6-14-12(3)13(4)15-7-11(2)9-19(5)17(15)16(14)18-8-10;/h6-9H,1-5H3;1H/q+1;/p-1. The van der Waals surface area contributed by atoms with E-state index in [1.54, 1.807) is 0 Å². The van der Waals surface area contributed by atoms with E-state index >= 15 is 0 Å². The average Bonchev–Trinajstić information content (AvgIpc) is 2.35. The highest BCUT2D eigenvalue weighted by Crippen LogP contribution is 2.29. The van der Waals surface area contributed by atoms with Crippen LogP contribution in [-0.4, -0.2) is 4.98 Å². The lowest BCUT2D eigenvalue weighted by molar-refractivity contribution is -0.644. The molecule has 0 bridgehead atoms. The summed E-state index contributed by atoms with van der Waals surface area (Å²) >= 11 is 0. The van der Waals surface area contributed by atoms with Crippen molar-refractivity contribution in [2.24, 2.45) is 7.05 Å². The maximum Gasteiger partial charge on any atom is 0.239 e. The molecule has 0 aliphatic rings. The molecule has 2 heterocycles. The molecule has 20 heavy (non-hydrogen) atoms. The van der Waals surface area contributed by atoms with E-state index in [0.717, 1.165) is 5.52 Å². The van der Waals surface area contributed by atoms with E-state index < -0.39 is 0 Å². The van der Waals surface area contributed by atoms with E-state index in [1.807, 2.05) is 6.20 Å². The van der Waals surface area contributed by atoms with E-state index in [1.165, 1.54) is 38.5 Å². The van der Waals surface area contributed by atoms with Gasteiger partial charge in [-0.05, 0) is 56.5 Å². The SMILES string of the molecule is Cc1cnc2c(c1)c(C)c(C)c1cc(C)c[n+](C)c12.[I-]. The third-order valence-electron chi connectivity index (χ3n) is 4.00. The van der Waals surface area contributed by atoms with Crippen molar-refractivity contribution in [2.45, 2.75) is 27.7 Å². The number of aryl methyl sites for hydroxylation is 5. The molecule has 0 fully saturated rings. The first-order valence-electron chi connectivity index (χ1n) is 6.64. The first kappa shape index (κ1) is 15.2. The topological polar surface area (TPSA) is 16.8 Å². The van der Waals surface area contributed by atoms with E-state index in [4.69, 9.17) is 0 Å². The Kier molecular flexibility index (Phi) is 4.00. The molecule has 0 aliphatic heterocycles. The molecule has 3 aromatic rings. The van der Waals surface area contributed by atoms with Crippen molar-refractivity contribution in [1.82, 2.24) is 4.98 Å². The summed E-state index contributed by atoms with van der Waals surface area (Å²) in [4.78, 5) is 4.68. The van der Waals surface area contributed by atoms with Crippen molar-refractivity contribution < 1.29 is 28.5 Å². The molecule has 0 aliphatic carbocycles. The molecule has 0 radical (unpaired) electrons. The lowest BCUT2D eigenvalue weighted by Gasteiger charge is -2.10. The average molecular weight is 378 g/mol. The fourth-order valence-corrected chi connectivity index (χ4v) is 2.92. The van der Waals surface area contributed by atoms with Crippen LogP contribution >= 0.6 is 0 Å². The largest absolute Gasteiger partial charge is 1.00 e. The Balaban J connectivity index is 0.00000147. The first-order valence-corrected chi connectivity index (χ1v) is 6.64. The summed E-state index contributed by atoms with van der Waals surface area (Å²) in [5.41, 5.74) is 7.52. The van der Waals surface area contributed by atoms with Crippen LogP contribution in [0.5, 0.6) is 0 Å². The number of halogens is 1. The summed E-state index contributed by atoms with van der Waals surface area (Å²) in [6.07, 6.45) is 4.12. The maximum absolute atomic E-state index is 4.68. The van der Waals surface area contributed by atoms with Crippen LogP contribution in [0.4, 0.5) is 0 Å². The maximum atomic E-state index is 4.68. The Morgan fingerprint density at radius 3 is 2.20 bits per heavy atom. The molecule has 0 atom stereocenters. The van der Waals surface area contributed by atoms with E-state index in [2.05, 4.69) is 62.6 Å². The Bertz CT molecular complexity index is 822. The number of pyridine rings is 2. The summed E-state index contributed by atoms with van der Waals surface area (Å²) in [5, 5.41) is 2.58. The molecule has 0 N–H and O–H groups in total. The van der Waals surface area contributed by atoms with Gasteiger partial charge >= 0.3 is 0 Å². The molecule has 0 unspecified atom stereocenters. The smallest absolute Gasteiger partial charge is 0.239 e. The summed E-state index contributed by atoms with van der Waals surface area (Å²) in [5.74, 6) is 0. The van der Waals surface area contributed by atoms with E-state index in [0.29, 0.717) is 0 Å². The second-order valence-corrected chi connectivity index (χ2v) is 5.55. The lowest BCUT2D eigenvalue weighted by Crippen LogP contribution is -3.00. The number of hydrogen-bond acceptors (Lipinski definition) is 1. The highest BCUT2D eigenvalue weighted by atomic mass is 127. The molecule has 0 saturated carbocycles. The van der Waals surface area contributed by atoms with Gasteiger partial charge in [-0.1, -0.05) is 0 Å². The number of aromatic nitrogens is 2. The number of hydrogen-bond donors (Lipinski definition) is 0. The van der Waals surface area contributed by atoms with E-state index in [9.17, 15) is 0 Å². The van der Waals surface area contributed by atoms with Crippen LogP contribution in [0.15, 0.2) is 24.5 Å². The molecule has 3 rings (SSSR count).